The third kappa shape index (κ3) is 9.74. The number of ketones is 1. The van der Waals surface area contributed by atoms with E-state index in [1.165, 1.54) is 5.01 Å². The minimum atomic E-state index is -0.449. The zero-order valence-electron chi connectivity index (χ0n) is 27.2. The Kier molecular flexibility index (Phi) is 12.3. The van der Waals surface area contributed by atoms with Gasteiger partial charge in [-0.25, -0.2) is 10.2 Å². The number of hydrazine groups is 1. The molecule has 1 saturated heterocycles. The summed E-state index contributed by atoms with van der Waals surface area (Å²) >= 11 is 0. The van der Waals surface area contributed by atoms with Gasteiger partial charge in [0.1, 0.15) is 11.9 Å². The van der Waals surface area contributed by atoms with Crippen LogP contribution in [0.4, 0.5) is 10.5 Å². The van der Waals surface area contributed by atoms with E-state index in [2.05, 4.69) is 21.0 Å². The monoisotopic (exact) mass is 649 g/mol. The molecule has 1 aliphatic heterocycles. The standard InChI is InChI=1S/C38H43N5O5/c1-2-43(40-26-28-10-8-15-32(44)24-28)37(46)31-14-9-13-30(25-31)36(45)27-39-20-23-42-21-18-33(19-22-42)48-38(47)41-35-17-7-6-16-34(35)29-11-4-3-5-12-29/h3-17,24-25,33,39-40,44H,2,18-23,26-27H2,1H3,(H,41,47). The second kappa shape index (κ2) is 17.2. The number of nitrogens with one attached hydrogen (secondary N) is 3. The smallest absolute Gasteiger partial charge is 0.411 e. The first-order chi connectivity index (χ1) is 23.4. The van der Waals surface area contributed by atoms with Crippen LogP contribution >= 0.6 is 0 Å². The van der Waals surface area contributed by atoms with Gasteiger partial charge < -0.3 is 20.1 Å². The van der Waals surface area contributed by atoms with E-state index in [9.17, 15) is 19.5 Å². The highest BCUT2D eigenvalue weighted by Gasteiger charge is 2.23. The normalized spacial score (nSPS) is 13.5. The summed E-state index contributed by atoms with van der Waals surface area (Å²) < 4.78 is 5.75. The van der Waals surface area contributed by atoms with Crippen molar-refractivity contribution in [1.82, 2.24) is 20.7 Å². The number of phenols is 1. The molecule has 1 aliphatic rings. The number of nitrogens with zero attached hydrogens (tertiary/aromatic N) is 2. The molecule has 250 valence electrons. The number of para-hydroxylation sites is 1. The van der Waals surface area contributed by atoms with Crippen molar-refractivity contribution in [2.45, 2.75) is 32.4 Å². The third-order valence-corrected chi connectivity index (χ3v) is 8.32. The number of carbonyl (C=O) groups is 3. The van der Waals surface area contributed by atoms with E-state index in [0.717, 1.165) is 49.2 Å². The van der Waals surface area contributed by atoms with Crippen molar-refractivity contribution in [2.75, 3.05) is 44.6 Å². The molecule has 4 aromatic carbocycles. The maximum Gasteiger partial charge on any atom is 0.411 e. The van der Waals surface area contributed by atoms with E-state index in [0.29, 0.717) is 36.4 Å². The lowest BCUT2D eigenvalue weighted by atomic mass is 10.0. The van der Waals surface area contributed by atoms with Crippen molar-refractivity contribution in [3.63, 3.8) is 0 Å². The summed E-state index contributed by atoms with van der Waals surface area (Å²) in [4.78, 5) is 41.1. The molecule has 10 nitrogen and oxygen atoms in total. The summed E-state index contributed by atoms with van der Waals surface area (Å²) in [5, 5.41) is 17.3. The number of carbonyl (C=O) groups excluding carboxylic acids is 3. The van der Waals surface area contributed by atoms with Gasteiger partial charge >= 0.3 is 6.09 Å². The molecule has 1 fully saturated rings. The van der Waals surface area contributed by atoms with Crippen LogP contribution in [0.15, 0.2) is 103 Å². The molecule has 4 aromatic rings. The highest BCUT2D eigenvalue weighted by molar-refractivity contribution is 6.01. The minimum absolute atomic E-state index is 0.0904. The molecule has 48 heavy (non-hydrogen) atoms. The number of phenolic OH excluding ortho intramolecular Hbond substituents is 1. The second-order valence-electron chi connectivity index (χ2n) is 11.7. The van der Waals surface area contributed by atoms with Crippen LogP contribution in [0.3, 0.4) is 0 Å². The number of amides is 2. The fraction of sp³-hybridized carbons (Fsp3) is 0.289. The zero-order valence-corrected chi connectivity index (χ0v) is 27.2. The molecule has 1 heterocycles. The van der Waals surface area contributed by atoms with Gasteiger partial charge in [0.05, 0.1) is 12.2 Å². The predicted octanol–water partition coefficient (Wildman–Crippen LogP) is 5.71. The average molecular weight is 650 g/mol. The first kappa shape index (κ1) is 34.3. The molecule has 0 saturated carbocycles. The summed E-state index contributed by atoms with van der Waals surface area (Å²) in [7, 11) is 0. The summed E-state index contributed by atoms with van der Waals surface area (Å²) in [5.41, 5.74) is 7.52. The molecule has 0 aromatic heterocycles. The number of piperidine rings is 1. The number of aromatic hydroxyl groups is 1. The van der Waals surface area contributed by atoms with Crippen LogP contribution in [-0.2, 0) is 11.3 Å². The SMILES string of the molecule is CCN(NCc1cccc(O)c1)C(=O)c1cccc(C(=O)CNCCN2CCC(OC(=O)Nc3ccccc3-c3ccccc3)CC2)c1. The lowest BCUT2D eigenvalue weighted by molar-refractivity contribution is 0.0592. The van der Waals surface area contributed by atoms with Gasteiger partial charge in [0.2, 0.25) is 0 Å². The first-order valence-electron chi connectivity index (χ1n) is 16.4. The van der Waals surface area contributed by atoms with Crippen LogP contribution in [0.5, 0.6) is 5.75 Å². The van der Waals surface area contributed by atoms with Crippen molar-refractivity contribution in [2.24, 2.45) is 0 Å². The molecule has 0 aliphatic carbocycles. The molecule has 0 spiro atoms. The Morgan fingerprint density at radius 1 is 0.875 bits per heavy atom. The Morgan fingerprint density at radius 2 is 1.60 bits per heavy atom. The van der Waals surface area contributed by atoms with Crippen LogP contribution in [0.2, 0.25) is 0 Å². The number of likely N-dealkylation sites (tertiary alicyclic amines) is 1. The predicted molar refractivity (Wildman–Crippen MR) is 187 cm³/mol. The Hall–Kier alpha value is -5.03. The summed E-state index contributed by atoms with van der Waals surface area (Å²) in [6.07, 6.45) is 0.880. The summed E-state index contributed by atoms with van der Waals surface area (Å²) in [5.74, 6) is -0.157. The largest absolute Gasteiger partial charge is 0.508 e. The van der Waals surface area contributed by atoms with E-state index in [1.807, 2.05) is 67.6 Å². The molecular weight excluding hydrogens is 606 g/mol. The van der Waals surface area contributed by atoms with E-state index >= 15 is 0 Å². The third-order valence-electron chi connectivity index (χ3n) is 8.32. The van der Waals surface area contributed by atoms with Crippen molar-refractivity contribution >= 4 is 23.5 Å². The molecule has 2 amide bonds. The van der Waals surface area contributed by atoms with Gasteiger partial charge in [-0.15, -0.1) is 0 Å². The Balaban J connectivity index is 1.01. The van der Waals surface area contributed by atoms with Crippen molar-refractivity contribution in [1.29, 1.82) is 0 Å². The van der Waals surface area contributed by atoms with Crippen molar-refractivity contribution < 1.29 is 24.2 Å². The Morgan fingerprint density at radius 3 is 2.38 bits per heavy atom. The highest BCUT2D eigenvalue weighted by Crippen LogP contribution is 2.28. The average Bonchev–Trinajstić information content (AvgIpc) is 3.11. The van der Waals surface area contributed by atoms with Gasteiger partial charge in [-0.1, -0.05) is 72.8 Å². The van der Waals surface area contributed by atoms with E-state index in [1.54, 1.807) is 42.5 Å². The maximum absolute atomic E-state index is 13.2. The number of hydrogen-bond donors (Lipinski definition) is 4. The van der Waals surface area contributed by atoms with Crippen molar-refractivity contribution in [3.8, 4) is 16.9 Å². The molecular formula is C38H43N5O5. The number of ether oxygens (including phenoxy) is 1. The molecule has 0 atom stereocenters. The van der Waals surface area contributed by atoms with E-state index in [-0.39, 0.29) is 30.1 Å². The minimum Gasteiger partial charge on any atom is -0.508 e. The summed E-state index contributed by atoms with van der Waals surface area (Å²) in [6, 6.07) is 31.2. The van der Waals surface area contributed by atoms with Crippen LogP contribution in [0.25, 0.3) is 11.1 Å². The number of rotatable bonds is 14. The molecule has 0 radical (unpaired) electrons. The first-order valence-corrected chi connectivity index (χ1v) is 16.4. The van der Waals surface area contributed by atoms with Crippen molar-refractivity contribution in [3.05, 3.63) is 120 Å². The lowest BCUT2D eigenvalue weighted by Crippen LogP contribution is -2.42. The van der Waals surface area contributed by atoms with Crippen LogP contribution < -0.4 is 16.1 Å². The topological polar surface area (TPSA) is 123 Å². The zero-order chi connectivity index (χ0) is 33.7. The number of anilines is 1. The molecule has 4 N–H and O–H groups in total. The van der Waals surface area contributed by atoms with Gasteiger partial charge in [0, 0.05) is 56.0 Å². The Labute approximate surface area is 281 Å². The number of Topliss-reactive ketones (excluding diaryl/α,β-unsaturated/α-hetero) is 1. The van der Waals surface area contributed by atoms with Gasteiger partial charge in [0.25, 0.3) is 5.91 Å². The maximum atomic E-state index is 13.2. The van der Waals surface area contributed by atoms with Crippen LogP contribution in [0, 0.1) is 0 Å². The lowest BCUT2D eigenvalue weighted by Gasteiger charge is -2.31. The van der Waals surface area contributed by atoms with E-state index < -0.39 is 6.09 Å². The number of benzene rings is 4. The summed E-state index contributed by atoms with van der Waals surface area (Å²) in [6.45, 7) is 5.83. The van der Waals surface area contributed by atoms with Crippen LogP contribution in [-0.4, -0.2) is 78.2 Å². The fourth-order valence-electron chi connectivity index (χ4n) is 5.71. The Bertz CT molecular complexity index is 1670. The molecule has 10 heteroatoms. The highest BCUT2D eigenvalue weighted by atomic mass is 16.6. The van der Waals surface area contributed by atoms with E-state index in [4.69, 9.17) is 4.74 Å². The molecule has 0 unspecified atom stereocenters. The fourth-order valence-corrected chi connectivity index (χ4v) is 5.71. The number of hydrogen-bond acceptors (Lipinski definition) is 8. The second-order valence-corrected chi connectivity index (χ2v) is 11.7. The molecule has 0 bridgehead atoms. The van der Waals surface area contributed by atoms with Gasteiger partial charge in [-0.05, 0) is 61.2 Å². The van der Waals surface area contributed by atoms with Crippen LogP contribution in [0.1, 0.15) is 46.0 Å². The quantitative estimate of drug-likeness (QED) is 0.0779. The van der Waals surface area contributed by atoms with Gasteiger partial charge in [-0.2, -0.15) is 0 Å². The van der Waals surface area contributed by atoms with Gasteiger partial charge in [-0.3, -0.25) is 19.9 Å². The molecule has 5 rings (SSSR count). The van der Waals surface area contributed by atoms with Gasteiger partial charge in [0.15, 0.2) is 5.78 Å².